The fourth-order valence-corrected chi connectivity index (χ4v) is 3.44. The molecule has 1 aromatic rings. The molecule has 0 spiro atoms. The molecule has 5 heteroatoms. The Morgan fingerprint density at radius 1 is 1.47 bits per heavy atom. The topological polar surface area (TPSA) is 55.7 Å². The molecule has 0 aliphatic carbocycles. The van der Waals surface area contributed by atoms with E-state index in [4.69, 9.17) is 4.74 Å². The van der Waals surface area contributed by atoms with Crippen LogP contribution in [0.3, 0.4) is 0 Å². The third-order valence-corrected chi connectivity index (χ3v) is 4.49. The maximum atomic E-state index is 11.3. The number of nitrogens with zero attached hydrogens (tertiary/aromatic N) is 1. The summed E-state index contributed by atoms with van der Waals surface area (Å²) in [4.78, 5) is 4.30. The van der Waals surface area contributed by atoms with E-state index in [2.05, 4.69) is 4.99 Å². The van der Waals surface area contributed by atoms with E-state index in [1.807, 2.05) is 24.3 Å². The molecule has 0 aromatic heterocycles. The van der Waals surface area contributed by atoms with Crippen LogP contribution in [0.2, 0.25) is 0 Å². The first kappa shape index (κ1) is 12.1. The lowest BCUT2D eigenvalue weighted by Crippen LogP contribution is -2.07. The maximum absolute atomic E-state index is 11.3. The first-order valence-electron chi connectivity index (χ1n) is 5.47. The molecule has 92 valence electrons. The van der Waals surface area contributed by atoms with E-state index in [0.717, 1.165) is 11.3 Å². The fourth-order valence-electron chi connectivity index (χ4n) is 1.81. The Morgan fingerprint density at radius 2 is 2.29 bits per heavy atom. The van der Waals surface area contributed by atoms with Gasteiger partial charge in [-0.25, -0.2) is 8.42 Å². The molecule has 0 amide bonds. The molecule has 1 aromatic carbocycles. The van der Waals surface area contributed by atoms with Gasteiger partial charge in [0.05, 0.1) is 24.7 Å². The summed E-state index contributed by atoms with van der Waals surface area (Å²) < 4.78 is 27.6. The van der Waals surface area contributed by atoms with Crippen LogP contribution in [0.4, 0.5) is 0 Å². The standard InChI is InChI=1S/C12H15NO3S/c1-16-12-4-2-3-10(7-12)8-13-11-5-6-17(14,15)9-11/h2-4,7-8,11H,5-6,9H2,1H3. The molecule has 4 nitrogen and oxygen atoms in total. The zero-order chi connectivity index (χ0) is 12.3. The van der Waals surface area contributed by atoms with Crippen LogP contribution < -0.4 is 4.74 Å². The molecule has 1 atom stereocenters. The second-order valence-corrected chi connectivity index (χ2v) is 6.34. The lowest BCUT2D eigenvalue weighted by molar-refractivity contribution is 0.414. The maximum Gasteiger partial charge on any atom is 0.152 e. The number of methoxy groups -OCH3 is 1. The minimum Gasteiger partial charge on any atom is -0.497 e. The molecule has 0 bridgehead atoms. The van der Waals surface area contributed by atoms with Gasteiger partial charge in [-0.2, -0.15) is 0 Å². The van der Waals surface area contributed by atoms with Crippen LogP contribution in [0.15, 0.2) is 29.3 Å². The fraction of sp³-hybridized carbons (Fsp3) is 0.417. The molecular weight excluding hydrogens is 238 g/mol. The van der Waals surface area contributed by atoms with Crippen molar-refractivity contribution >= 4 is 16.1 Å². The van der Waals surface area contributed by atoms with Crippen molar-refractivity contribution in [3.63, 3.8) is 0 Å². The molecule has 2 rings (SSSR count). The lowest BCUT2D eigenvalue weighted by Gasteiger charge is -2.01. The monoisotopic (exact) mass is 253 g/mol. The summed E-state index contributed by atoms with van der Waals surface area (Å²) in [6.07, 6.45) is 2.34. The second-order valence-electron chi connectivity index (χ2n) is 4.11. The third-order valence-electron chi connectivity index (χ3n) is 2.74. The van der Waals surface area contributed by atoms with Crippen LogP contribution >= 0.6 is 0 Å². The number of rotatable bonds is 3. The van der Waals surface area contributed by atoms with E-state index < -0.39 is 9.84 Å². The highest BCUT2D eigenvalue weighted by molar-refractivity contribution is 7.91. The summed E-state index contributed by atoms with van der Waals surface area (Å²) in [7, 11) is -1.24. The molecule has 0 radical (unpaired) electrons. The molecule has 1 aliphatic rings. The Balaban J connectivity index is 2.05. The smallest absolute Gasteiger partial charge is 0.152 e. The van der Waals surface area contributed by atoms with E-state index in [9.17, 15) is 8.42 Å². The number of ether oxygens (including phenoxy) is 1. The van der Waals surface area contributed by atoms with Crippen LogP contribution in [0.5, 0.6) is 5.75 Å². The average molecular weight is 253 g/mol. The number of aliphatic imine (C=N–C) groups is 1. The van der Waals surface area contributed by atoms with Crippen molar-refractivity contribution in [3.05, 3.63) is 29.8 Å². The zero-order valence-corrected chi connectivity index (χ0v) is 10.5. The van der Waals surface area contributed by atoms with Gasteiger partial charge in [0.25, 0.3) is 0 Å². The first-order valence-corrected chi connectivity index (χ1v) is 7.29. The Hall–Kier alpha value is -1.36. The van der Waals surface area contributed by atoms with Crippen LogP contribution in [0, 0.1) is 0 Å². The highest BCUT2D eigenvalue weighted by Crippen LogP contribution is 2.15. The lowest BCUT2D eigenvalue weighted by atomic mass is 10.2. The van der Waals surface area contributed by atoms with Crippen molar-refractivity contribution in [1.82, 2.24) is 0 Å². The molecule has 1 saturated heterocycles. The Bertz CT molecular complexity index is 522. The summed E-state index contributed by atoms with van der Waals surface area (Å²) in [6, 6.07) is 7.43. The molecular formula is C12H15NO3S. The number of sulfone groups is 1. The summed E-state index contributed by atoms with van der Waals surface area (Å²) in [6.45, 7) is 0. The summed E-state index contributed by atoms with van der Waals surface area (Å²) >= 11 is 0. The van der Waals surface area contributed by atoms with E-state index in [0.29, 0.717) is 6.42 Å². The summed E-state index contributed by atoms with van der Waals surface area (Å²) in [5, 5.41) is 0. The third kappa shape index (κ3) is 3.30. The van der Waals surface area contributed by atoms with Crippen LogP contribution in [-0.4, -0.2) is 39.3 Å². The highest BCUT2D eigenvalue weighted by atomic mass is 32.2. The van der Waals surface area contributed by atoms with Gasteiger partial charge in [-0.3, -0.25) is 4.99 Å². The Labute approximate surface area is 101 Å². The largest absolute Gasteiger partial charge is 0.497 e. The van der Waals surface area contributed by atoms with Gasteiger partial charge in [0.2, 0.25) is 0 Å². The first-order chi connectivity index (χ1) is 8.09. The van der Waals surface area contributed by atoms with Crippen LogP contribution in [-0.2, 0) is 9.84 Å². The minimum atomic E-state index is -2.85. The van der Waals surface area contributed by atoms with Crippen molar-refractivity contribution in [3.8, 4) is 5.75 Å². The molecule has 1 heterocycles. The van der Waals surface area contributed by atoms with Crippen LogP contribution in [0.25, 0.3) is 0 Å². The minimum absolute atomic E-state index is 0.0915. The molecule has 1 aliphatic heterocycles. The molecule has 1 fully saturated rings. The van der Waals surface area contributed by atoms with Crippen molar-refractivity contribution in [2.45, 2.75) is 12.5 Å². The van der Waals surface area contributed by atoms with E-state index in [1.54, 1.807) is 13.3 Å². The predicted octanol–water partition coefficient (Wildman–Crippen LogP) is 1.30. The van der Waals surface area contributed by atoms with E-state index in [1.165, 1.54) is 0 Å². The Morgan fingerprint density at radius 3 is 2.94 bits per heavy atom. The van der Waals surface area contributed by atoms with Crippen LogP contribution in [0.1, 0.15) is 12.0 Å². The molecule has 0 saturated carbocycles. The van der Waals surface area contributed by atoms with Gasteiger partial charge in [-0.15, -0.1) is 0 Å². The average Bonchev–Trinajstić information content (AvgIpc) is 2.67. The van der Waals surface area contributed by atoms with Gasteiger partial charge < -0.3 is 4.74 Å². The van der Waals surface area contributed by atoms with Gasteiger partial charge in [0, 0.05) is 6.21 Å². The van der Waals surface area contributed by atoms with Crippen molar-refractivity contribution in [2.24, 2.45) is 4.99 Å². The van der Waals surface area contributed by atoms with Crippen molar-refractivity contribution in [2.75, 3.05) is 18.6 Å². The number of hydrogen-bond donors (Lipinski definition) is 0. The molecule has 0 N–H and O–H groups in total. The van der Waals surface area contributed by atoms with Gasteiger partial charge in [-0.05, 0) is 24.1 Å². The number of benzene rings is 1. The molecule has 17 heavy (non-hydrogen) atoms. The van der Waals surface area contributed by atoms with Gasteiger partial charge >= 0.3 is 0 Å². The van der Waals surface area contributed by atoms with Crippen molar-refractivity contribution < 1.29 is 13.2 Å². The van der Waals surface area contributed by atoms with Gasteiger partial charge in [0.15, 0.2) is 9.84 Å². The summed E-state index contributed by atoms with van der Waals surface area (Å²) in [5.74, 6) is 1.20. The SMILES string of the molecule is COc1cccc(C=NC2CCS(=O)(=O)C2)c1. The van der Waals surface area contributed by atoms with Gasteiger partial charge in [0.1, 0.15) is 5.75 Å². The highest BCUT2D eigenvalue weighted by Gasteiger charge is 2.26. The zero-order valence-electron chi connectivity index (χ0n) is 9.67. The van der Waals surface area contributed by atoms with Crippen molar-refractivity contribution in [1.29, 1.82) is 0 Å². The quantitative estimate of drug-likeness (QED) is 0.763. The Kier molecular flexibility index (Phi) is 3.47. The van der Waals surface area contributed by atoms with E-state index >= 15 is 0 Å². The normalized spacial score (nSPS) is 23.0. The van der Waals surface area contributed by atoms with Gasteiger partial charge in [-0.1, -0.05) is 12.1 Å². The predicted molar refractivity (Wildman–Crippen MR) is 67.6 cm³/mol. The molecule has 1 unspecified atom stereocenters. The second kappa shape index (κ2) is 4.87. The number of hydrogen-bond acceptors (Lipinski definition) is 4. The summed E-state index contributed by atoms with van der Waals surface area (Å²) in [5.41, 5.74) is 0.925. The van der Waals surface area contributed by atoms with E-state index in [-0.39, 0.29) is 17.5 Å².